The lowest BCUT2D eigenvalue weighted by atomic mass is 10.0. The van der Waals surface area contributed by atoms with Gasteiger partial charge in [0.15, 0.2) is 6.23 Å². The van der Waals surface area contributed by atoms with Crippen LogP contribution in [0, 0.1) is 0 Å². The van der Waals surface area contributed by atoms with Crippen molar-refractivity contribution in [3.63, 3.8) is 0 Å². The summed E-state index contributed by atoms with van der Waals surface area (Å²) in [5, 5.41) is 3.52. The molecule has 0 saturated carbocycles. The van der Waals surface area contributed by atoms with Crippen LogP contribution in [-0.2, 0) is 11.3 Å². The molecule has 4 nitrogen and oxygen atoms in total. The van der Waals surface area contributed by atoms with Gasteiger partial charge in [0.2, 0.25) is 0 Å². The minimum absolute atomic E-state index is 0.218. The van der Waals surface area contributed by atoms with Crippen LogP contribution in [0.25, 0.3) is 0 Å². The van der Waals surface area contributed by atoms with Gasteiger partial charge in [-0.2, -0.15) is 0 Å². The maximum absolute atomic E-state index is 11.9. The lowest BCUT2D eigenvalue weighted by Gasteiger charge is -2.33. The molecule has 1 saturated heterocycles. The van der Waals surface area contributed by atoms with Crippen LogP contribution in [0.4, 0.5) is 0 Å². The second kappa shape index (κ2) is 6.75. The van der Waals surface area contributed by atoms with Crippen LogP contribution in [-0.4, -0.2) is 30.0 Å². The number of hydrogen-bond donors (Lipinski definition) is 1. The van der Waals surface area contributed by atoms with E-state index in [1.54, 1.807) is 0 Å². The second-order valence-electron chi connectivity index (χ2n) is 6.58. The SMILES string of the molecule is O=C1OC(NC2CCN(Cc3ccccc3)CC2)c2ccccc21. The van der Waals surface area contributed by atoms with Gasteiger partial charge in [-0.25, -0.2) is 4.79 Å². The van der Waals surface area contributed by atoms with Crippen LogP contribution >= 0.6 is 0 Å². The third-order valence-corrected chi connectivity index (χ3v) is 4.91. The molecule has 0 aromatic heterocycles. The molecule has 2 aromatic carbocycles. The summed E-state index contributed by atoms with van der Waals surface area (Å²) in [6.07, 6.45) is 1.85. The molecule has 4 rings (SSSR count). The Kier molecular flexibility index (Phi) is 4.32. The first-order valence-corrected chi connectivity index (χ1v) is 8.62. The number of nitrogens with one attached hydrogen (secondary N) is 1. The van der Waals surface area contributed by atoms with Gasteiger partial charge < -0.3 is 4.74 Å². The average molecular weight is 322 g/mol. The van der Waals surface area contributed by atoms with Crippen LogP contribution in [0.1, 0.15) is 40.6 Å². The lowest BCUT2D eigenvalue weighted by molar-refractivity contribution is 0.0243. The van der Waals surface area contributed by atoms with Gasteiger partial charge in [-0.15, -0.1) is 0 Å². The number of esters is 1. The summed E-state index contributed by atoms with van der Waals surface area (Å²) in [6, 6.07) is 18.6. The van der Waals surface area contributed by atoms with Crippen LogP contribution in [0.5, 0.6) is 0 Å². The highest BCUT2D eigenvalue weighted by molar-refractivity contribution is 5.93. The zero-order chi connectivity index (χ0) is 16.4. The van der Waals surface area contributed by atoms with Crippen molar-refractivity contribution < 1.29 is 9.53 Å². The van der Waals surface area contributed by atoms with E-state index in [9.17, 15) is 4.79 Å². The Morgan fingerprint density at radius 3 is 2.50 bits per heavy atom. The highest BCUT2D eigenvalue weighted by Gasteiger charge is 2.32. The summed E-state index contributed by atoms with van der Waals surface area (Å²) in [6.45, 7) is 3.14. The molecule has 2 heterocycles. The maximum atomic E-state index is 11.9. The van der Waals surface area contributed by atoms with E-state index in [1.165, 1.54) is 5.56 Å². The number of likely N-dealkylation sites (tertiary alicyclic amines) is 1. The van der Waals surface area contributed by atoms with Gasteiger partial charge in [-0.1, -0.05) is 48.5 Å². The number of benzene rings is 2. The molecule has 0 bridgehead atoms. The number of piperidine rings is 1. The monoisotopic (exact) mass is 322 g/mol. The molecule has 1 fully saturated rings. The van der Waals surface area contributed by atoms with Gasteiger partial charge in [0.25, 0.3) is 0 Å². The summed E-state index contributed by atoms with van der Waals surface area (Å²) < 4.78 is 5.49. The Balaban J connectivity index is 1.32. The molecule has 1 atom stereocenters. The van der Waals surface area contributed by atoms with Crippen molar-refractivity contribution in [3.8, 4) is 0 Å². The maximum Gasteiger partial charge on any atom is 0.340 e. The van der Waals surface area contributed by atoms with Crippen molar-refractivity contribution in [2.24, 2.45) is 0 Å². The molecule has 2 aliphatic heterocycles. The van der Waals surface area contributed by atoms with Crippen molar-refractivity contribution >= 4 is 5.97 Å². The van der Waals surface area contributed by atoms with E-state index in [0.717, 1.165) is 38.0 Å². The Morgan fingerprint density at radius 2 is 1.71 bits per heavy atom. The number of hydrogen-bond acceptors (Lipinski definition) is 4. The summed E-state index contributed by atoms with van der Waals surface area (Å²) >= 11 is 0. The fourth-order valence-electron chi connectivity index (χ4n) is 3.58. The number of rotatable bonds is 4. The normalized spacial score (nSPS) is 21.5. The number of carbonyl (C=O) groups excluding carboxylic acids is 1. The van der Waals surface area contributed by atoms with Crippen molar-refractivity contribution in [3.05, 3.63) is 71.3 Å². The Labute approximate surface area is 142 Å². The summed E-state index contributed by atoms with van der Waals surface area (Å²) in [4.78, 5) is 14.4. The molecule has 1 N–H and O–H groups in total. The smallest absolute Gasteiger partial charge is 0.340 e. The molecule has 1 unspecified atom stereocenters. The third kappa shape index (κ3) is 3.21. The molecule has 0 radical (unpaired) electrons. The first kappa shape index (κ1) is 15.4. The van der Waals surface area contributed by atoms with E-state index in [2.05, 4.69) is 40.5 Å². The molecule has 0 aliphatic carbocycles. The largest absolute Gasteiger partial charge is 0.439 e. The zero-order valence-electron chi connectivity index (χ0n) is 13.7. The van der Waals surface area contributed by atoms with Crippen LogP contribution in [0.3, 0.4) is 0 Å². The quantitative estimate of drug-likeness (QED) is 0.878. The van der Waals surface area contributed by atoms with Crippen molar-refractivity contribution in [1.29, 1.82) is 0 Å². The highest BCUT2D eigenvalue weighted by Crippen LogP contribution is 2.29. The number of ether oxygens (including phenoxy) is 1. The molecule has 0 spiro atoms. The molecule has 2 aliphatic rings. The minimum Gasteiger partial charge on any atom is -0.439 e. The van der Waals surface area contributed by atoms with Gasteiger partial charge in [0.05, 0.1) is 5.56 Å². The van der Waals surface area contributed by atoms with E-state index < -0.39 is 0 Å². The third-order valence-electron chi connectivity index (χ3n) is 4.91. The topological polar surface area (TPSA) is 41.6 Å². The van der Waals surface area contributed by atoms with Crippen molar-refractivity contribution in [1.82, 2.24) is 10.2 Å². The van der Waals surface area contributed by atoms with Gasteiger partial charge >= 0.3 is 5.97 Å². The van der Waals surface area contributed by atoms with Gasteiger partial charge in [-0.3, -0.25) is 10.2 Å². The number of fused-ring (bicyclic) bond motifs is 1. The minimum atomic E-state index is -0.292. The van der Waals surface area contributed by atoms with E-state index >= 15 is 0 Å². The van der Waals surface area contributed by atoms with Gasteiger partial charge in [-0.05, 0) is 37.6 Å². The zero-order valence-corrected chi connectivity index (χ0v) is 13.7. The fraction of sp³-hybridized carbons (Fsp3) is 0.350. The predicted molar refractivity (Wildman–Crippen MR) is 92.5 cm³/mol. The molecule has 0 amide bonds. The summed E-state index contributed by atoms with van der Waals surface area (Å²) in [5.74, 6) is -0.218. The average Bonchev–Trinajstić information content (AvgIpc) is 2.94. The Morgan fingerprint density at radius 1 is 1.00 bits per heavy atom. The van der Waals surface area contributed by atoms with E-state index in [4.69, 9.17) is 4.74 Å². The first-order valence-electron chi connectivity index (χ1n) is 8.62. The molecule has 2 aromatic rings. The van der Waals surface area contributed by atoms with Gasteiger partial charge in [0.1, 0.15) is 0 Å². The van der Waals surface area contributed by atoms with Crippen LogP contribution < -0.4 is 5.32 Å². The fourth-order valence-corrected chi connectivity index (χ4v) is 3.58. The second-order valence-corrected chi connectivity index (χ2v) is 6.58. The number of nitrogens with zero attached hydrogens (tertiary/aromatic N) is 1. The molecular formula is C20H22N2O2. The van der Waals surface area contributed by atoms with Gasteiger partial charge in [0, 0.05) is 18.2 Å². The first-order chi connectivity index (χ1) is 11.8. The lowest BCUT2D eigenvalue weighted by Crippen LogP contribution is -2.43. The molecule has 124 valence electrons. The molecule has 4 heteroatoms. The van der Waals surface area contributed by atoms with Crippen molar-refractivity contribution in [2.45, 2.75) is 31.7 Å². The Hall–Kier alpha value is -2.17. The highest BCUT2D eigenvalue weighted by atomic mass is 16.6. The standard InChI is InChI=1S/C20H22N2O2/c23-20-18-9-5-4-8-17(18)19(24-20)21-16-10-12-22(13-11-16)14-15-6-2-1-3-7-15/h1-9,16,19,21H,10-14H2. The van der Waals surface area contributed by atoms with Crippen LogP contribution in [0.2, 0.25) is 0 Å². The summed E-state index contributed by atoms with van der Waals surface area (Å²) in [7, 11) is 0. The van der Waals surface area contributed by atoms with Crippen molar-refractivity contribution in [2.75, 3.05) is 13.1 Å². The van der Waals surface area contributed by atoms with E-state index in [1.807, 2.05) is 24.3 Å². The van der Waals surface area contributed by atoms with E-state index in [-0.39, 0.29) is 12.2 Å². The molecule has 24 heavy (non-hydrogen) atoms. The number of carbonyl (C=O) groups is 1. The summed E-state index contributed by atoms with van der Waals surface area (Å²) in [5.41, 5.74) is 3.02. The Bertz CT molecular complexity index is 709. The van der Waals surface area contributed by atoms with E-state index in [0.29, 0.717) is 11.6 Å². The van der Waals surface area contributed by atoms with Crippen LogP contribution in [0.15, 0.2) is 54.6 Å². The number of cyclic esters (lactones) is 1. The molecular weight excluding hydrogens is 300 g/mol. The predicted octanol–water partition coefficient (Wildman–Crippen LogP) is 3.11.